The summed E-state index contributed by atoms with van der Waals surface area (Å²) in [5.74, 6) is 1.53. The van der Waals surface area contributed by atoms with Crippen molar-refractivity contribution in [3.05, 3.63) is 83.9 Å². The average Bonchev–Trinajstić information content (AvgIpc) is 3.65. The maximum Gasteiger partial charge on any atom is 0.233 e. The Labute approximate surface area is 212 Å². The SMILES string of the molecule is C[B]c1cnn2c(NCc3cccnc3)cc(C3CCN(C(=O)C4(c5ccccc5)CC4)CC3)nc12. The summed E-state index contributed by atoms with van der Waals surface area (Å²) in [7, 11) is 2.05. The first-order valence-corrected chi connectivity index (χ1v) is 12.8. The molecular weight excluding hydrogens is 447 g/mol. The van der Waals surface area contributed by atoms with Crippen LogP contribution in [-0.2, 0) is 16.8 Å². The molecule has 1 aromatic carbocycles. The van der Waals surface area contributed by atoms with Gasteiger partial charge in [-0.15, -0.1) is 0 Å². The van der Waals surface area contributed by atoms with Gasteiger partial charge in [-0.25, -0.2) is 4.98 Å². The monoisotopic (exact) mass is 477 g/mol. The lowest BCUT2D eigenvalue weighted by atomic mass is 9.75. The van der Waals surface area contributed by atoms with Crippen molar-refractivity contribution >= 4 is 30.1 Å². The molecule has 1 saturated carbocycles. The molecule has 0 atom stereocenters. The minimum atomic E-state index is -0.294. The number of nitrogens with one attached hydrogen (secondary N) is 1. The molecule has 1 radical (unpaired) electrons. The van der Waals surface area contributed by atoms with Gasteiger partial charge < -0.3 is 10.2 Å². The van der Waals surface area contributed by atoms with Crippen molar-refractivity contribution in [3.63, 3.8) is 0 Å². The van der Waals surface area contributed by atoms with Gasteiger partial charge in [-0.05, 0) is 48.3 Å². The Morgan fingerprint density at radius 2 is 1.92 bits per heavy atom. The van der Waals surface area contributed by atoms with Gasteiger partial charge in [0.2, 0.25) is 5.91 Å². The molecule has 7 nitrogen and oxygen atoms in total. The van der Waals surface area contributed by atoms with Crippen LogP contribution in [0.2, 0.25) is 6.82 Å². The highest BCUT2D eigenvalue weighted by atomic mass is 16.2. The molecule has 1 saturated heterocycles. The molecule has 4 heterocycles. The van der Waals surface area contributed by atoms with Gasteiger partial charge in [-0.2, -0.15) is 9.61 Å². The van der Waals surface area contributed by atoms with E-state index in [1.807, 2.05) is 55.3 Å². The highest BCUT2D eigenvalue weighted by molar-refractivity contribution is 6.54. The molecule has 1 aliphatic carbocycles. The Hall–Kier alpha value is -3.68. The van der Waals surface area contributed by atoms with Crippen LogP contribution in [0.5, 0.6) is 0 Å². The van der Waals surface area contributed by atoms with E-state index in [0.717, 1.165) is 72.5 Å². The Balaban J connectivity index is 1.20. The molecule has 8 heteroatoms. The number of anilines is 1. The fourth-order valence-corrected chi connectivity index (χ4v) is 5.42. The summed E-state index contributed by atoms with van der Waals surface area (Å²) in [6, 6.07) is 16.4. The summed E-state index contributed by atoms with van der Waals surface area (Å²) in [6.07, 6.45) is 9.26. The van der Waals surface area contributed by atoms with Crippen molar-refractivity contribution in [1.29, 1.82) is 0 Å². The fraction of sp³-hybridized carbons (Fsp3) is 0.357. The van der Waals surface area contributed by atoms with Crippen molar-refractivity contribution in [3.8, 4) is 0 Å². The van der Waals surface area contributed by atoms with E-state index in [2.05, 4.69) is 44.6 Å². The van der Waals surface area contributed by atoms with Crippen molar-refractivity contribution in [2.24, 2.45) is 0 Å². The number of piperidine rings is 1. The van der Waals surface area contributed by atoms with Crippen LogP contribution >= 0.6 is 0 Å². The number of pyridine rings is 1. The van der Waals surface area contributed by atoms with E-state index in [1.54, 1.807) is 6.20 Å². The first-order valence-electron chi connectivity index (χ1n) is 12.8. The molecule has 181 valence electrons. The summed E-state index contributed by atoms with van der Waals surface area (Å²) < 4.78 is 1.88. The number of carbonyl (C=O) groups excluding carboxylic acids is 1. The molecule has 2 fully saturated rings. The van der Waals surface area contributed by atoms with Gasteiger partial charge >= 0.3 is 0 Å². The topological polar surface area (TPSA) is 75.4 Å². The number of rotatable bonds is 7. The first-order chi connectivity index (χ1) is 17.7. The van der Waals surface area contributed by atoms with Crippen LogP contribution in [0, 0.1) is 0 Å². The number of likely N-dealkylation sites (tertiary alicyclic amines) is 1. The maximum atomic E-state index is 13.5. The van der Waals surface area contributed by atoms with E-state index in [9.17, 15) is 4.79 Å². The Bertz CT molecular complexity index is 1360. The number of hydrogen-bond acceptors (Lipinski definition) is 5. The standard InChI is InChI=1S/C28H30BN6O/c1-29-23-19-32-35-25(31-18-20-6-5-13-30-17-20)16-24(33-26(23)35)21-9-14-34(15-10-21)27(36)28(11-12-28)22-7-3-2-4-8-22/h2-8,13,16-17,19,21,31H,9-12,14-15,18H2,1H3. The third-order valence-corrected chi connectivity index (χ3v) is 7.71. The molecule has 3 aromatic heterocycles. The van der Waals surface area contributed by atoms with Crippen LogP contribution in [-0.4, -0.2) is 50.8 Å². The molecule has 0 bridgehead atoms. The summed E-state index contributed by atoms with van der Waals surface area (Å²) in [5, 5.41) is 8.11. The smallest absolute Gasteiger partial charge is 0.233 e. The van der Waals surface area contributed by atoms with Gasteiger partial charge in [0.25, 0.3) is 0 Å². The summed E-state index contributed by atoms with van der Waals surface area (Å²) in [5.41, 5.74) is 4.93. The molecule has 36 heavy (non-hydrogen) atoms. The molecule has 1 amide bonds. The third kappa shape index (κ3) is 4.14. The number of hydrogen-bond donors (Lipinski definition) is 1. The molecule has 0 unspecified atom stereocenters. The maximum absolute atomic E-state index is 13.5. The number of benzene rings is 1. The predicted octanol–water partition coefficient (Wildman–Crippen LogP) is 3.55. The van der Waals surface area contributed by atoms with Crippen LogP contribution in [0.15, 0.2) is 67.1 Å². The van der Waals surface area contributed by atoms with Crippen LogP contribution < -0.4 is 10.8 Å². The lowest BCUT2D eigenvalue weighted by Crippen LogP contribution is -2.43. The number of amides is 1. The van der Waals surface area contributed by atoms with Crippen molar-refractivity contribution in [1.82, 2.24) is 24.5 Å². The highest BCUT2D eigenvalue weighted by Gasteiger charge is 2.53. The van der Waals surface area contributed by atoms with Gasteiger partial charge in [-0.1, -0.05) is 43.2 Å². The van der Waals surface area contributed by atoms with E-state index >= 15 is 0 Å². The van der Waals surface area contributed by atoms with Crippen LogP contribution in [0.1, 0.15) is 48.4 Å². The zero-order chi connectivity index (χ0) is 24.5. The molecule has 4 aromatic rings. The Morgan fingerprint density at radius 3 is 2.61 bits per heavy atom. The summed E-state index contributed by atoms with van der Waals surface area (Å²) in [6.45, 7) is 4.22. The second kappa shape index (κ2) is 9.41. The Kier molecular flexibility index (Phi) is 5.95. The number of carbonyl (C=O) groups is 1. The van der Waals surface area contributed by atoms with E-state index < -0.39 is 0 Å². The number of aromatic nitrogens is 4. The largest absolute Gasteiger partial charge is 0.366 e. The molecule has 1 N–H and O–H groups in total. The van der Waals surface area contributed by atoms with Crippen molar-refractivity contribution in [2.75, 3.05) is 18.4 Å². The number of nitrogens with zero attached hydrogens (tertiary/aromatic N) is 5. The van der Waals surface area contributed by atoms with Crippen LogP contribution in [0.3, 0.4) is 0 Å². The third-order valence-electron chi connectivity index (χ3n) is 7.71. The zero-order valence-electron chi connectivity index (χ0n) is 20.6. The first kappa shape index (κ1) is 22.8. The minimum Gasteiger partial charge on any atom is -0.366 e. The van der Waals surface area contributed by atoms with Gasteiger partial charge in [0.05, 0.1) is 5.41 Å². The fourth-order valence-electron chi connectivity index (χ4n) is 5.42. The second-order valence-electron chi connectivity index (χ2n) is 9.92. The van der Waals surface area contributed by atoms with Crippen LogP contribution in [0.25, 0.3) is 5.65 Å². The van der Waals surface area contributed by atoms with Gasteiger partial charge in [-0.3, -0.25) is 9.78 Å². The summed E-state index contributed by atoms with van der Waals surface area (Å²) in [4.78, 5) is 24.8. The molecule has 0 spiro atoms. The normalized spacial score (nSPS) is 17.2. The van der Waals surface area contributed by atoms with Gasteiger partial charge in [0, 0.05) is 55.9 Å². The lowest BCUT2D eigenvalue weighted by molar-refractivity contribution is -0.135. The van der Waals surface area contributed by atoms with E-state index in [1.165, 1.54) is 0 Å². The average molecular weight is 477 g/mol. The van der Waals surface area contributed by atoms with Gasteiger partial charge in [0.1, 0.15) is 5.82 Å². The second-order valence-corrected chi connectivity index (χ2v) is 9.92. The van der Waals surface area contributed by atoms with Crippen LogP contribution in [0.4, 0.5) is 5.82 Å². The van der Waals surface area contributed by atoms with Crippen molar-refractivity contribution < 1.29 is 4.79 Å². The molecule has 2 aliphatic rings. The summed E-state index contributed by atoms with van der Waals surface area (Å²) >= 11 is 0. The number of fused-ring (bicyclic) bond motifs is 1. The zero-order valence-corrected chi connectivity index (χ0v) is 20.6. The predicted molar refractivity (Wildman–Crippen MR) is 142 cm³/mol. The molecule has 1 aliphatic heterocycles. The lowest BCUT2D eigenvalue weighted by Gasteiger charge is -2.34. The quantitative estimate of drug-likeness (QED) is 0.412. The van der Waals surface area contributed by atoms with E-state index in [-0.39, 0.29) is 5.41 Å². The minimum absolute atomic E-state index is 0.294. The van der Waals surface area contributed by atoms with E-state index in [4.69, 9.17) is 4.98 Å². The highest BCUT2D eigenvalue weighted by Crippen LogP contribution is 2.50. The van der Waals surface area contributed by atoms with E-state index in [0.29, 0.717) is 18.4 Å². The Morgan fingerprint density at radius 1 is 1.11 bits per heavy atom. The molecular formula is C28H30BN6O. The van der Waals surface area contributed by atoms with Gasteiger partial charge in [0.15, 0.2) is 12.9 Å². The molecule has 6 rings (SSSR count). The van der Waals surface area contributed by atoms with Crippen molar-refractivity contribution in [2.45, 2.75) is 50.4 Å².